The van der Waals surface area contributed by atoms with Gasteiger partial charge in [-0.2, -0.15) is 0 Å². The number of rotatable bonds is 15. The summed E-state index contributed by atoms with van der Waals surface area (Å²) in [7, 11) is 10.4. The summed E-state index contributed by atoms with van der Waals surface area (Å²) < 4.78 is 10.8. The lowest BCUT2D eigenvalue weighted by Crippen LogP contribution is -2.33. The first-order chi connectivity index (χ1) is 68.2. The Morgan fingerprint density at radius 3 is 0.846 bits per heavy atom. The molecule has 5 aromatic carbocycles. The summed E-state index contributed by atoms with van der Waals surface area (Å²) >= 11 is 0. The second-order valence-electron chi connectivity index (χ2n) is 42.8. The summed E-state index contributed by atoms with van der Waals surface area (Å²) in [4.78, 5) is 69.4. The van der Waals surface area contributed by atoms with Crippen LogP contribution in [0.3, 0.4) is 0 Å². The van der Waals surface area contributed by atoms with Crippen molar-refractivity contribution in [1.82, 2.24) is 74.8 Å². The number of hydrogen-bond donors (Lipinski definition) is 0. The maximum atomic E-state index is 4.73. The highest BCUT2D eigenvalue weighted by atomic mass is 15.0. The molecule has 0 amide bonds. The summed E-state index contributed by atoms with van der Waals surface area (Å²) in [5, 5.41) is 0. The Bertz CT molecular complexity index is 7650. The third kappa shape index (κ3) is 21.7. The standard InChI is InChI=1S/C26H29N4.C26H31N4.C25H29N4.C24H27N4.C22H23N4/c1-16-9-17(2)18(3)22(10-16)25-23-11-20(12-24(23)29-15-30(25)4)21-13-27-26(28-14-21)19-7-5-6-8-19;1-16-8-17(2)18(3)21(9-16)25-22-10-19(11-23(22)29-15-30(25)7)20-13-27-24(28-14-20)12-26(4,5)6;1-15(2)7-24-26-12-20(13-27-24)19-10-22-23(11-19)28-14-29(6)25(22)21-9-16(3)8-17(4)18(21)5;1-14(2)24-25-11-19(12-26-24)18-9-21-22(10-18)27-13-28(6)23(21)20-8-15(3)7-16(4)17(20)5;1-13-6-14(2)16(4)18(7-13)22-19-8-17(9-20(19)25-12-26(22)5)21-11-23-15(3)10-24-21/h9-10,12-15,19H,5-8,11H2,1-4H3;8-9,11,13-15H,10,12H2,1-7H3;8-9,11-15H,7,10H2,1-6H3;7-8,10-14H,9H2,1-6H3;6-7,9-12H,8H2,1-5H3/q5*+1. The molecule has 15 aromatic rings. The zero-order valence-corrected chi connectivity index (χ0v) is 89.3. The van der Waals surface area contributed by atoms with Gasteiger partial charge in [-0.3, -0.25) is 9.97 Å². The summed E-state index contributed by atoms with van der Waals surface area (Å²) in [6, 6.07) is 22.7. The van der Waals surface area contributed by atoms with Crippen LogP contribution in [-0.2, 0) is 80.2 Å². The van der Waals surface area contributed by atoms with Crippen LogP contribution < -0.4 is 22.8 Å². The molecule has 6 aliphatic rings. The van der Waals surface area contributed by atoms with E-state index >= 15 is 0 Å². The van der Waals surface area contributed by atoms with Gasteiger partial charge in [0.15, 0.2) is 28.5 Å². The molecule has 0 saturated heterocycles. The molecule has 0 bridgehead atoms. The van der Waals surface area contributed by atoms with Crippen LogP contribution in [0.4, 0.5) is 0 Å². The fraction of sp³-hybridized carbons (Fsp3) is 0.350. The van der Waals surface area contributed by atoms with Gasteiger partial charge in [-0.05, 0) is 304 Å². The average molecular weight is 1900 g/mol. The summed E-state index contributed by atoms with van der Waals surface area (Å²) in [6.45, 7) is 50.0. The van der Waals surface area contributed by atoms with Crippen molar-refractivity contribution in [3.05, 3.63) is 351 Å². The number of fused-ring (bicyclic) bond motifs is 5. The van der Waals surface area contributed by atoms with Gasteiger partial charge < -0.3 is 0 Å². The van der Waals surface area contributed by atoms with Crippen LogP contribution in [0.25, 0.3) is 115 Å². The Morgan fingerprint density at radius 2 is 0.573 bits per heavy atom. The predicted octanol–water partition coefficient (Wildman–Crippen LogP) is 22.8. The molecule has 1 saturated carbocycles. The van der Waals surface area contributed by atoms with Crippen molar-refractivity contribution in [3.63, 3.8) is 0 Å². The maximum absolute atomic E-state index is 4.73. The van der Waals surface area contributed by atoms with Gasteiger partial charge in [-0.15, -0.1) is 0 Å². The monoisotopic (exact) mass is 1900 g/mol. The average Bonchev–Trinajstić information content (AvgIpc) is 1.65. The number of aryl methyl sites for hydroxylation is 16. The SMILES string of the molecule is Cc1cc(C)c(C)c(-c2c3c(nc[n+]2C)C=C(c2cnc(C(C)C)nc2)C3)c1.Cc1cc(C)c(C)c(-c2c3c(nc[n+]2C)C=C(c2cnc(C)cn2)C3)c1.Cc1cc(C)c(C)c(-c2c3c(nc[n+]2C)C=C(c2cnc(C4CCCC4)nc2)C3)c1.Cc1cc(C)c(C)c(-c2c3c(nc[n+]2C)C=C(c2cnc(CC(C)(C)C)nc2)C3)c1.Cc1cc(C)c(C)c(-c2c3c(nc[n+]2C)C=C(c2cnc(CC(C)C)nc2)C3)c1. The first kappa shape index (κ1) is 100. The summed E-state index contributed by atoms with van der Waals surface area (Å²) in [6.07, 6.45) is 51.1. The molecule has 20 nitrogen and oxygen atoms in total. The molecule has 0 aliphatic heterocycles. The molecule has 143 heavy (non-hydrogen) atoms. The van der Waals surface area contributed by atoms with Crippen LogP contribution in [0, 0.1) is 122 Å². The third-order valence-electron chi connectivity index (χ3n) is 29.2. The van der Waals surface area contributed by atoms with Gasteiger partial charge in [0.1, 0.15) is 51.8 Å². The first-order valence-electron chi connectivity index (χ1n) is 50.6. The third-order valence-corrected chi connectivity index (χ3v) is 29.2. The van der Waals surface area contributed by atoms with Crippen LogP contribution in [-0.4, -0.2) is 74.8 Å². The molecule has 6 aliphatic carbocycles. The lowest BCUT2D eigenvalue weighted by atomic mass is 9.92. The van der Waals surface area contributed by atoms with Crippen LogP contribution >= 0.6 is 0 Å². The summed E-state index contributed by atoms with van der Waals surface area (Å²) in [5.74, 6) is 5.16. The number of benzene rings is 5. The number of nitrogens with zero attached hydrogens (tertiary/aromatic N) is 20. The van der Waals surface area contributed by atoms with Crippen molar-refractivity contribution in [3.8, 4) is 56.3 Å². The molecule has 21 rings (SSSR count). The van der Waals surface area contributed by atoms with Gasteiger partial charge >= 0.3 is 0 Å². The van der Waals surface area contributed by atoms with Crippen molar-refractivity contribution in [2.24, 2.45) is 46.6 Å². The lowest BCUT2D eigenvalue weighted by Gasteiger charge is -2.16. The van der Waals surface area contributed by atoms with Crippen LogP contribution in [0.15, 0.2) is 154 Å². The normalized spacial score (nSPS) is 13.7. The van der Waals surface area contributed by atoms with Crippen LogP contribution in [0.2, 0.25) is 0 Å². The minimum Gasteiger partial charge on any atom is -0.258 e. The highest BCUT2D eigenvalue weighted by molar-refractivity contribution is 5.94. The molecule has 0 atom stereocenters. The molecule has 0 spiro atoms. The van der Waals surface area contributed by atoms with E-state index in [1.807, 2.05) is 101 Å². The molecular formula is C123H139N20+5. The van der Waals surface area contributed by atoms with Crippen molar-refractivity contribution in [1.29, 1.82) is 0 Å². The maximum Gasteiger partial charge on any atom is 0.287 e. The Balaban J connectivity index is 0.000000123. The lowest BCUT2D eigenvalue weighted by molar-refractivity contribution is -0.664. The molecule has 20 heteroatoms. The highest BCUT2D eigenvalue weighted by Crippen LogP contribution is 2.45. The van der Waals surface area contributed by atoms with Gasteiger partial charge in [-0.25, -0.2) is 62.7 Å². The number of aromatic nitrogens is 20. The van der Waals surface area contributed by atoms with Crippen molar-refractivity contribution in [2.45, 2.75) is 242 Å². The van der Waals surface area contributed by atoms with E-state index in [2.05, 4.69) is 351 Å². The zero-order chi connectivity index (χ0) is 102. The molecule has 0 N–H and O–H groups in total. The quantitative estimate of drug-likeness (QED) is 0.0873. The zero-order valence-electron chi connectivity index (χ0n) is 89.3. The van der Waals surface area contributed by atoms with Crippen molar-refractivity contribution >= 4 is 58.2 Å². The van der Waals surface area contributed by atoms with E-state index in [1.54, 1.807) is 0 Å². The van der Waals surface area contributed by atoms with E-state index in [1.165, 1.54) is 221 Å². The van der Waals surface area contributed by atoms with E-state index in [4.69, 9.17) is 24.9 Å². The fourth-order valence-electron chi connectivity index (χ4n) is 21.1. The molecule has 726 valence electrons. The van der Waals surface area contributed by atoms with Crippen molar-refractivity contribution in [2.75, 3.05) is 0 Å². The van der Waals surface area contributed by atoms with Crippen molar-refractivity contribution < 1.29 is 22.8 Å². The Morgan fingerprint density at radius 1 is 0.301 bits per heavy atom. The smallest absolute Gasteiger partial charge is 0.258 e. The second kappa shape index (κ2) is 41.6. The highest BCUT2D eigenvalue weighted by Gasteiger charge is 2.36. The van der Waals surface area contributed by atoms with Gasteiger partial charge in [0, 0.05) is 163 Å². The molecule has 10 heterocycles. The van der Waals surface area contributed by atoms with E-state index in [9.17, 15) is 0 Å². The second-order valence-corrected chi connectivity index (χ2v) is 42.8. The van der Waals surface area contributed by atoms with Gasteiger partial charge in [0.2, 0.25) is 0 Å². The van der Waals surface area contributed by atoms with E-state index in [-0.39, 0.29) is 5.41 Å². The molecular weight excluding hydrogens is 1760 g/mol. The first-order valence-corrected chi connectivity index (χ1v) is 50.6. The van der Waals surface area contributed by atoms with Crippen LogP contribution in [0.5, 0.6) is 0 Å². The Kier molecular flexibility index (Phi) is 29.2. The molecule has 10 aromatic heterocycles. The van der Waals surface area contributed by atoms with Gasteiger partial charge in [0.25, 0.3) is 31.6 Å². The Labute approximate surface area is 846 Å². The molecule has 1 fully saturated rings. The summed E-state index contributed by atoms with van der Waals surface area (Å²) in [5.41, 5.74) is 56.6. The van der Waals surface area contributed by atoms with E-state index in [0.29, 0.717) is 17.8 Å². The topological polar surface area (TPSA) is 213 Å². The predicted molar refractivity (Wildman–Crippen MR) is 575 cm³/mol. The minimum atomic E-state index is 0.182. The van der Waals surface area contributed by atoms with Gasteiger partial charge in [0.05, 0.1) is 80.6 Å². The fourth-order valence-corrected chi connectivity index (χ4v) is 21.1. The molecule has 0 unspecified atom stereocenters. The van der Waals surface area contributed by atoms with Gasteiger partial charge in [-0.1, -0.05) is 119 Å². The molecule has 0 radical (unpaired) electrons. The minimum absolute atomic E-state index is 0.182. The number of allylic oxidation sites excluding steroid dienone is 5. The largest absolute Gasteiger partial charge is 0.287 e. The van der Waals surface area contributed by atoms with E-state index in [0.717, 1.165) is 130 Å². The van der Waals surface area contributed by atoms with E-state index < -0.39 is 0 Å². The number of hydrogen-bond acceptors (Lipinski definition) is 15. The van der Waals surface area contributed by atoms with Crippen LogP contribution in [0.1, 0.15) is 283 Å². The Hall–Kier alpha value is -14.4.